The molecule has 7 heteroatoms. The number of nitro groups is 1. The number of nitro benzene ring substituents is 1. The van der Waals surface area contributed by atoms with Crippen molar-refractivity contribution in [1.29, 1.82) is 0 Å². The fraction of sp³-hybridized carbons (Fsp3) is 0.143. The molecule has 0 spiro atoms. The highest BCUT2D eigenvalue weighted by atomic mass is 32.2. The molecule has 0 unspecified atom stereocenters. The van der Waals surface area contributed by atoms with E-state index in [9.17, 15) is 18.5 Å². The van der Waals surface area contributed by atoms with Crippen LogP contribution in [0.2, 0.25) is 0 Å². The van der Waals surface area contributed by atoms with Gasteiger partial charge in [-0.05, 0) is 43.2 Å². The quantitative estimate of drug-likeness (QED) is 0.492. The van der Waals surface area contributed by atoms with Crippen LogP contribution in [-0.4, -0.2) is 13.3 Å². The largest absolute Gasteiger partial charge is 0.379 e. The fourth-order valence-corrected chi connectivity index (χ4v) is 2.68. The first kappa shape index (κ1) is 15.0. The first-order chi connectivity index (χ1) is 9.79. The molecule has 0 aromatic heterocycles. The summed E-state index contributed by atoms with van der Waals surface area (Å²) in [6.07, 6.45) is 0. The van der Waals surface area contributed by atoms with Crippen molar-refractivity contribution in [2.24, 2.45) is 0 Å². The molecule has 0 heterocycles. The van der Waals surface area contributed by atoms with Crippen LogP contribution in [0.4, 0.5) is 5.69 Å². The number of hydrogen-bond donors (Lipinski definition) is 0. The van der Waals surface area contributed by atoms with E-state index in [0.717, 1.165) is 29.8 Å². The average molecular weight is 307 g/mol. The van der Waals surface area contributed by atoms with Crippen LogP contribution in [0.3, 0.4) is 0 Å². The van der Waals surface area contributed by atoms with Gasteiger partial charge in [0, 0.05) is 12.1 Å². The second-order valence-corrected chi connectivity index (χ2v) is 6.10. The number of benzene rings is 2. The molecule has 0 amide bonds. The molecule has 2 aromatic carbocycles. The van der Waals surface area contributed by atoms with Gasteiger partial charge in [0.25, 0.3) is 5.69 Å². The highest BCUT2D eigenvalue weighted by Crippen LogP contribution is 2.24. The standard InChI is InChI=1S/C14H13NO5S/c1-10-3-4-11(2)14(9-10)20-21(18,19)13-7-5-12(6-8-13)15(16)17/h3-9H,1-2H3. The van der Waals surface area contributed by atoms with Crippen LogP contribution in [0.15, 0.2) is 47.4 Å². The van der Waals surface area contributed by atoms with Crippen LogP contribution >= 0.6 is 0 Å². The summed E-state index contributed by atoms with van der Waals surface area (Å²) in [5, 5.41) is 10.6. The molecule has 0 N–H and O–H groups in total. The maximum absolute atomic E-state index is 12.2. The van der Waals surface area contributed by atoms with Crippen LogP contribution in [0.1, 0.15) is 11.1 Å². The van der Waals surface area contributed by atoms with Gasteiger partial charge in [-0.15, -0.1) is 0 Å². The Hall–Kier alpha value is -2.41. The SMILES string of the molecule is Cc1ccc(C)c(OS(=O)(=O)c2ccc([N+](=O)[O-])cc2)c1. The van der Waals surface area contributed by atoms with E-state index in [-0.39, 0.29) is 16.3 Å². The lowest BCUT2D eigenvalue weighted by Gasteiger charge is -2.10. The van der Waals surface area contributed by atoms with Gasteiger partial charge >= 0.3 is 10.1 Å². The van der Waals surface area contributed by atoms with Crippen LogP contribution in [0.25, 0.3) is 0 Å². The second kappa shape index (κ2) is 5.53. The van der Waals surface area contributed by atoms with Gasteiger partial charge in [0.1, 0.15) is 10.6 Å². The Morgan fingerprint density at radius 1 is 1.05 bits per heavy atom. The predicted molar refractivity (Wildman–Crippen MR) is 76.8 cm³/mol. The summed E-state index contributed by atoms with van der Waals surface area (Å²) < 4.78 is 29.4. The van der Waals surface area contributed by atoms with Gasteiger partial charge in [-0.1, -0.05) is 12.1 Å². The number of non-ortho nitro benzene ring substituents is 1. The summed E-state index contributed by atoms with van der Waals surface area (Å²) in [4.78, 5) is 9.83. The summed E-state index contributed by atoms with van der Waals surface area (Å²) >= 11 is 0. The predicted octanol–water partition coefficient (Wildman–Crippen LogP) is 2.98. The van der Waals surface area contributed by atoms with Gasteiger partial charge in [0.2, 0.25) is 0 Å². The zero-order valence-corrected chi connectivity index (χ0v) is 12.3. The van der Waals surface area contributed by atoms with Crippen molar-refractivity contribution < 1.29 is 17.5 Å². The monoisotopic (exact) mass is 307 g/mol. The number of rotatable bonds is 4. The second-order valence-electron chi connectivity index (χ2n) is 4.56. The zero-order valence-electron chi connectivity index (χ0n) is 11.4. The van der Waals surface area contributed by atoms with Crippen molar-refractivity contribution in [2.75, 3.05) is 0 Å². The highest BCUT2D eigenvalue weighted by molar-refractivity contribution is 7.87. The average Bonchev–Trinajstić information content (AvgIpc) is 2.43. The van der Waals surface area contributed by atoms with Crippen LogP contribution in [0, 0.1) is 24.0 Å². The van der Waals surface area contributed by atoms with Gasteiger partial charge in [-0.2, -0.15) is 8.42 Å². The maximum atomic E-state index is 12.2. The molecule has 0 bridgehead atoms. The van der Waals surface area contributed by atoms with E-state index in [2.05, 4.69) is 0 Å². The molecule has 0 atom stereocenters. The van der Waals surface area contributed by atoms with Crippen LogP contribution in [-0.2, 0) is 10.1 Å². The minimum absolute atomic E-state index is 0.131. The van der Waals surface area contributed by atoms with Crippen molar-refractivity contribution in [3.8, 4) is 5.75 Å². The molecule has 0 saturated carbocycles. The molecular formula is C14H13NO5S. The molecule has 0 radical (unpaired) electrons. The van der Waals surface area contributed by atoms with Crippen molar-refractivity contribution in [1.82, 2.24) is 0 Å². The molecule has 110 valence electrons. The molecule has 21 heavy (non-hydrogen) atoms. The number of nitrogens with zero attached hydrogens (tertiary/aromatic N) is 1. The van der Waals surface area contributed by atoms with E-state index in [1.54, 1.807) is 19.1 Å². The molecule has 0 aliphatic carbocycles. The molecule has 0 aliphatic rings. The summed E-state index contributed by atoms with van der Waals surface area (Å²) in [6.45, 7) is 3.56. The van der Waals surface area contributed by atoms with Gasteiger partial charge < -0.3 is 4.18 Å². The van der Waals surface area contributed by atoms with E-state index in [0.29, 0.717) is 5.56 Å². The summed E-state index contributed by atoms with van der Waals surface area (Å²) in [5.74, 6) is 0.244. The highest BCUT2D eigenvalue weighted by Gasteiger charge is 2.19. The third-order valence-corrected chi connectivity index (χ3v) is 4.13. The Morgan fingerprint density at radius 3 is 2.24 bits per heavy atom. The Labute approximate surface area is 122 Å². The van der Waals surface area contributed by atoms with Crippen molar-refractivity contribution >= 4 is 15.8 Å². The normalized spacial score (nSPS) is 11.1. The summed E-state index contributed by atoms with van der Waals surface area (Å²) in [5.41, 5.74) is 1.38. The van der Waals surface area contributed by atoms with Crippen molar-refractivity contribution in [3.05, 3.63) is 63.7 Å². The molecule has 0 saturated heterocycles. The Morgan fingerprint density at radius 2 is 1.67 bits per heavy atom. The topological polar surface area (TPSA) is 86.5 Å². The summed E-state index contributed by atoms with van der Waals surface area (Å²) in [7, 11) is -4.02. The minimum atomic E-state index is -4.02. The minimum Gasteiger partial charge on any atom is -0.379 e. The lowest BCUT2D eigenvalue weighted by molar-refractivity contribution is -0.384. The Kier molecular flexibility index (Phi) is 3.95. The van der Waals surface area contributed by atoms with E-state index in [4.69, 9.17) is 4.18 Å². The van der Waals surface area contributed by atoms with Crippen molar-refractivity contribution in [3.63, 3.8) is 0 Å². The third kappa shape index (κ3) is 3.38. The Balaban J connectivity index is 2.34. The zero-order chi connectivity index (χ0) is 15.6. The molecule has 2 aromatic rings. The van der Waals surface area contributed by atoms with E-state index in [1.807, 2.05) is 13.0 Å². The van der Waals surface area contributed by atoms with Gasteiger partial charge in [0.15, 0.2) is 0 Å². The van der Waals surface area contributed by atoms with Crippen LogP contribution in [0.5, 0.6) is 5.75 Å². The maximum Gasteiger partial charge on any atom is 0.339 e. The van der Waals surface area contributed by atoms with Gasteiger partial charge in [0.05, 0.1) is 4.92 Å². The van der Waals surface area contributed by atoms with Crippen molar-refractivity contribution in [2.45, 2.75) is 18.7 Å². The van der Waals surface area contributed by atoms with E-state index in [1.165, 1.54) is 0 Å². The lowest BCUT2D eigenvalue weighted by Crippen LogP contribution is -2.10. The smallest absolute Gasteiger partial charge is 0.339 e. The third-order valence-electron chi connectivity index (χ3n) is 2.88. The van der Waals surface area contributed by atoms with Crippen LogP contribution < -0.4 is 4.18 Å². The number of hydrogen-bond acceptors (Lipinski definition) is 5. The van der Waals surface area contributed by atoms with Gasteiger partial charge in [-0.3, -0.25) is 10.1 Å². The molecule has 0 aliphatic heterocycles. The first-order valence-electron chi connectivity index (χ1n) is 6.06. The first-order valence-corrected chi connectivity index (χ1v) is 7.46. The fourth-order valence-electron chi connectivity index (χ4n) is 1.70. The molecule has 0 fully saturated rings. The summed E-state index contributed by atoms with van der Waals surface area (Å²) in [6, 6.07) is 9.78. The lowest BCUT2D eigenvalue weighted by atomic mass is 10.1. The molecule has 6 nitrogen and oxygen atoms in total. The number of aryl methyl sites for hydroxylation is 2. The Bertz CT molecular complexity index is 782. The van der Waals surface area contributed by atoms with Gasteiger partial charge in [-0.25, -0.2) is 0 Å². The van der Waals surface area contributed by atoms with E-state index < -0.39 is 15.0 Å². The molecule has 2 rings (SSSR count). The molecular weight excluding hydrogens is 294 g/mol. The van der Waals surface area contributed by atoms with E-state index >= 15 is 0 Å².